The summed E-state index contributed by atoms with van der Waals surface area (Å²) in [6.07, 6.45) is 2.91. The Bertz CT molecular complexity index is 396. The number of rotatable bonds is 6. The Balaban J connectivity index is 1.97. The minimum absolute atomic E-state index is 0.256. The number of hydrogen-bond acceptors (Lipinski definition) is 2. The van der Waals surface area contributed by atoms with Gasteiger partial charge in [0.15, 0.2) is 0 Å². The van der Waals surface area contributed by atoms with Gasteiger partial charge >= 0.3 is 0 Å². The van der Waals surface area contributed by atoms with Crippen molar-refractivity contribution >= 4 is 0 Å². The van der Waals surface area contributed by atoms with Crippen molar-refractivity contribution in [2.24, 2.45) is 5.92 Å². The Kier molecular flexibility index (Phi) is 4.28. The van der Waals surface area contributed by atoms with Crippen molar-refractivity contribution in [3.63, 3.8) is 0 Å². The molecule has 0 amide bonds. The van der Waals surface area contributed by atoms with Gasteiger partial charge in [-0.25, -0.2) is 0 Å². The van der Waals surface area contributed by atoms with Crippen LogP contribution < -0.4 is 10.1 Å². The molecule has 1 aromatic carbocycles. The number of ether oxygens (including phenoxy) is 1. The van der Waals surface area contributed by atoms with Gasteiger partial charge in [0.2, 0.25) is 0 Å². The molecule has 18 heavy (non-hydrogen) atoms. The molecule has 1 aromatic rings. The van der Waals surface area contributed by atoms with Gasteiger partial charge < -0.3 is 10.1 Å². The lowest BCUT2D eigenvalue weighted by Crippen LogP contribution is -2.36. The van der Waals surface area contributed by atoms with Gasteiger partial charge in [-0.2, -0.15) is 0 Å². The van der Waals surface area contributed by atoms with Crippen LogP contribution in [-0.2, 0) is 0 Å². The van der Waals surface area contributed by atoms with Crippen LogP contribution in [0.3, 0.4) is 0 Å². The molecule has 1 aliphatic carbocycles. The fourth-order valence-corrected chi connectivity index (χ4v) is 2.08. The normalized spacial score (nSPS) is 16.9. The molecule has 2 nitrogen and oxygen atoms in total. The third-order valence-electron chi connectivity index (χ3n) is 3.54. The number of nitrogens with one attached hydrogen (secondary N) is 1. The van der Waals surface area contributed by atoms with Crippen molar-refractivity contribution in [2.75, 3.05) is 6.54 Å². The summed E-state index contributed by atoms with van der Waals surface area (Å²) < 4.78 is 6.18. The van der Waals surface area contributed by atoms with Gasteiger partial charge in [-0.3, -0.25) is 0 Å². The SMILES string of the molecule is Cc1ccc(OC(CNC2CC2)C(C)C)c(C)c1. The molecule has 0 bridgehead atoms. The summed E-state index contributed by atoms with van der Waals surface area (Å²) in [4.78, 5) is 0. The summed E-state index contributed by atoms with van der Waals surface area (Å²) in [5.41, 5.74) is 2.52. The lowest BCUT2D eigenvalue weighted by atomic mass is 10.1. The van der Waals surface area contributed by atoms with Crippen LogP contribution in [0.5, 0.6) is 5.75 Å². The van der Waals surface area contributed by atoms with Gasteiger partial charge in [0.05, 0.1) is 0 Å². The summed E-state index contributed by atoms with van der Waals surface area (Å²) in [6.45, 7) is 9.64. The Morgan fingerprint density at radius 3 is 2.56 bits per heavy atom. The topological polar surface area (TPSA) is 21.3 Å². The van der Waals surface area contributed by atoms with Gasteiger partial charge in [0.25, 0.3) is 0 Å². The van der Waals surface area contributed by atoms with E-state index in [-0.39, 0.29) is 6.10 Å². The van der Waals surface area contributed by atoms with E-state index in [4.69, 9.17) is 4.74 Å². The lowest BCUT2D eigenvalue weighted by Gasteiger charge is -2.24. The first-order valence-corrected chi connectivity index (χ1v) is 7.03. The summed E-state index contributed by atoms with van der Waals surface area (Å²) in [5, 5.41) is 3.56. The largest absolute Gasteiger partial charge is 0.489 e. The minimum atomic E-state index is 0.256. The van der Waals surface area contributed by atoms with Crippen molar-refractivity contribution in [3.05, 3.63) is 29.3 Å². The Hall–Kier alpha value is -1.02. The first-order valence-electron chi connectivity index (χ1n) is 7.03. The molecule has 1 atom stereocenters. The van der Waals surface area contributed by atoms with Crippen LogP contribution in [0.15, 0.2) is 18.2 Å². The first kappa shape index (κ1) is 13.4. The van der Waals surface area contributed by atoms with Gasteiger partial charge in [-0.15, -0.1) is 0 Å². The molecule has 1 fully saturated rings. The molecule has 0 aromatic heterocycles. The molecule has 100 valence electrons. The Morgan fingerprint density at radius 2 is 2.00 bits per heavy atom. The van der Waals surface area contributed by atoms with E-state index in [0.717, 1.165) is 18.3 Å². The quantitative estimate of drug-likeness (QED) is 0.831. The number of aryl methyl sites for hydroxylation is 2. The van der Waals surface area contributed by atoms with Crippen LogP contribution in [0.1, 0.15) is 37.8 Å². The molecule has 0 heterocycles. The minimum Gasteiger partial charge on any atom is -0.489 e. The molecule has 0 spiro atoms. The number of benzene rings is 1. The van der Waals surface area contributed by atoms with E-state index in [1.807, 2.05) is 0 Å². The highest BCUT2D eigenvalue weighted by molar-refractivity contribution is 5.35. The average molecular weight is 247 g/mol. The average Bonchev–Trinajstić information content (AvgIpc) is 3.10. The summed E-state index contributed by atoms with van der Waals surface area (Å²) >= 11 is 0. The van der Waals surface area contributed by atoms with E-state index < -0.39 is 0 Å². The highest BCUT2D eigenvalue weighted by atomic mass is 16.5. The summed E-state index contributed by atoms with van der Waals surface area (Å²) in [5.74, 6) is 1.55. The first-order chi connectivity index (χ1) is 8.56. The van der Waals surface area contributed by atoms with Crippen molar-refractivity contribution < 1.29 is 4.74 Å². The van der Waals surface area contributed by atoms with E-state index >= 15 is 0 Å². The molecular weight excluding hydrogens is 222 g/mol. The van der Waals surface area contributed by atoms with Crippen molar-refractivity contribution in [1.29, 1.82) is 0 Å². The van der Waals surface area contributed by atoms with Gasteiger partial charge in [0.1, 0.15) is 11.9 Å². The summed E-state index contributed by atoms with van der Waals surface area (Å²) in [6, 6.07) is 7.14. The van der Waals surface area contributed by atoms with Crippen LogP contribution >= 0.6 is 0 Å². The fraction of sp³-hybridized carbons (Fsp3) is 0.625. The molecule has 1 aliphatic rings. The zero-order valence-electron chi connectivity index (χ0n) is 12.0. The molecular formula is C16H25NO. The van der Waals surface area contributed by atoms with E-state index in [2.05, 4.69) is 51.2 Å². The standard InChI is InChI=1S/C16H25NO/c1-11(2)16(10-17-14-6-7-14)18-15-8-5-12(3)9-13(15)4/h5,8-9,11,14,16-17H,6-7,10H2,1-4H3. The van der Waals surface area contributed by atoms with Crippen LogP contribution in [0.4, 0.5) is 0 Å². The van der Waals surface area contributed by atoms with E-state index in [1.165, 1.54) is 24.0 Å². The van der Waals surface area contributed by atoms with Gasteiger partial charge in [-0.1, -0.05) is 31.5 Å². The second kappa shape index (κ2) is 5.75. The van der Waals surface area contributed by atoms with E-state index in [9.17, 15) is 0 Å². The lowest BCUT2D eigenvalue weighted by molar-refractivity contribution is 0.147. The highest BCUT2D eigenvalue weighted by Crippen LogP contribution is 2.23. The third-order valence-corrected chi connectivity index (χ3v) is 3.54. The zero-order valence-corrected chi connectivity index (χ0v) is 12.0. The maximum absolute atomic E-state index is 6.18. The maximum atomic E-state index is 6.18. The van der Waals surface area contributed by atoms with Crippen LogP contribution in [0.2, 0.25) is 0 Å². The molecule has 0 aliphatic heterocycles. The Morgan fingerprint density at radius 1 is 1.28 bits per heavy atom. The smallest absolute Gasteiger partial charge is 0.122 e. The fourth-order valence-electron chi connectivity index (χ4n) is 2.08. The van der Waals surface area contributed by atoms with Crippen molar-refractivity contribution in [2.45, 2.75) is 52.7 Å². The monoisotopic (exact) mass is 247 g/mol. The predicted molar refractivity (Wildman–Crippen MR) is 76.2 cm³/mol. The number of hydrogen-bond donors (Lipinski definition) is 1. The molecule has 2 rings (SSSR count). The van der Waals surface area contributed by atoms with Crippen LogP contribution in [0, 0.1) is 19.8 Å². The summed E-state index contributed by atoms with van der Waals surface area (Å²) in [7, 11) is 0. The molecule has 0 radical (unpaired) electrons. The maximum Gasteiger partial charge on any atom is 0.122 e. The van der Waals surface area contributed by atoms with Crippen molar-refractivity contribution in [3.8, 4) is 5.75 Å². The molecule has 1 saturated carbocycles. The van der Waals surface area contributed by atoms with Crippen molar-refractivity contribution in [1.82, 2.24) is 5.32 Å². The van der Waals surface area contributed by atoms with Crippen LogP contribution in [-0.4, -0.2) is 18.7 Å². The predicted octanol–water partition coefficient (Wildman–Crippen LogP) is 3.46. The van der Waals surface area contributed by atoms with Crippen LogP contribution in [0.25, 0.3) is 0 Å². The molecule has 1 N–H and O–H groups in total. The van der Waals surface area contributed by atoms with Gasteiger partial charge in [-0.05, 0) is 44.2 Å². The van der Waals surface area contributed by atoms with Gasteiger partial charge in [0, 0.05) is 12.6 Å². The molecule has 1 unspecified atom stereocenters. The van der Waals surface area contributed by atoms with E-state index in [1.54, 1.807) is 0 Å². The Labute approximate surface area is 111 Å². The third kappa shape index (κ3) is 3.74. The zero-order chi connectivity index (χ0) is 13.1. The van der Waals surface area contributed by atoms with E-state index in [0.29, 0.717) is 5.92 Å². The molecule has 0 saturated heterocycles. The highest BCUT2D eigenvalue weighted by Gasteiger charge is 2.24. The molecule has 2 heteroatoms. The second-order valence-corrected chi connectivity index (χ2v) is 5.85. The second-order valence-electron chi connectivity index (χ2n) is 5.85.